The van der Waals surface area contributed by atoms with Crippen LogP contribution in [0.3, 0.4) is 0 Å². The van der Waals surface area contributed by atoms with Gasteiger partial charge in [0.2, 0.25) is 5.56 Å². The number of fused-ring (bicyclic) bond motifs is 1. The number of amides is 1. The van der Waals surface area contributed by atoms with Crippen LogP contribution in [-0.4, -0.2) is 21.1 Å². The predicted molar refractivity (Wildman–Crippen MR) is 44.3 cm³/mol. The van der Waals surface area contributed by atoms with Crippen LogP contribution < -0.4 is 5.56 Å². The molecule has 5 nitrogen and oxygen atoms in total. The summed E-state index contributed by atoms with van der Waals surface area (Å²) in [5.74, 6) is 0. The normalized spacial score (nSPS) is 14.3. The first-order chi connectivity index (χ1) is 6.16. The first-order valence-corrected chi connectivity index (χ1v) is 3.85. The van der Waals surface area contributed by atoms with Gasteiger partial charge >= 0.3 is 6.09 Å². The van der Waals surface area contributed by atoms with Crippen LogP contribution >= 0.6 is 0 Å². The maximum Gasteiger partial charge on any atom is 0.407 e. The molecule has 2 N–H and O–H groups in total. The minimum absolute atomic E-state index is 0.189. The number of aromatic amines is 1. The highest BCUT2D eigenvalue weighted by molar-refractivity contribution is 5.66. The summed E-state index contributed by atoms with van der Waals surface area (Å²) in [6, 6.07) is 1.44. The number of H-pyrrole nitrogens is 1. The van der Waals surface area contributed by atoms with E-state index in [1.165, 1.54) is 11.0 Å². The maximum absolute atomic E-state index is 10.9. The van der Waals surface area contributed by atoms with E-state index in [4.69, 9.17) is 5.11 Å². The minimum Gasteiger partial charge on any atom is -0.465 e. The third kappa shape index (κ3) is 1.28. The summed E-state index contributed by atoms with van der Waals surface area (Å²) in [6.45, 7) is 0.677. The zero-order chi connectivity index (χ0) is 9.42. The second-order valence-electron chi connectivity index (χ2n) is 2.99. The van der Waals surface area contributed by atoms with E-state index < -0.39 is 6.09 Å². The van der Waals surface area contributed by atoms with Crippen molar-refractivity contribution in [3.8, 4) is 0 Å². The maximum atomic E-state index is 10.9. The molecule has 2 heterocycles. The minimum atomic E-state index is -0.955. The Morgan fingerprint density at radius 2 is 2.15 bits per heavy atom. The third-order valence-electron chi connectivity index (χ3n) is 2.10. The highest BCUT2D eigenvalue weighted by Gasteiger charge is 2.22. The molecule has 1 amide bonds. The molecule has 1 aliphatic heterocycles. The lowest BCUT2D eigenvalue weighted by Crippen LogP contribution is -2.22. The number of pyridine rings is 1. The van der Waals surface area contributed by atoms with E-state index in [9.17, 15) is 9.59 Å². The van der Waals surface area contributed by atoms with Gasteiger partial charge in [-0.25, -0.2) is 4.79 Å². The lowest BCUT2D eigenvalue weighted by molar-refractivity contribution is 0.145. The second-order valence-corrected chi connectivity index (χ2v) is 2.99. The van der Waals surface area contributed by atoms with E-state index in [1.54, 1.807) is 6.20 Å². The zero-order valence-corrected chi connectivity index (χ0v) is 6.78. The number of carbonyl (C=O) groups is 1. The smallest absolute Gasteiger partial charge is 0.407 e. The van der Waals surface area contributed by atoms with E-state index in [2.05, 4.69) is 4.98 Å². The predicted octanol–water partition coefficient (Wildman–Crippen LogP) is 0.369. The van der Waals surface area contributed by atoms with Crippen LogP contribution in [0.1, 0.15) is 11.1 Å². The first kappa shape index (κ1) is 7.85. The lowest BCUT2D eigenvalue weighted by Gasteiger charge is -2.08. The van der Waals surface area contributed by atoms with Gasteiger partial charge < -0.3 is 10.1 Å². The molecule has 0 saturated carbocycles. The van der Waals surface area contributed by atoms with Crippen LogP contribution in [0.2, 0.25) is 0 Å². The Kier molecular flexibility index (Phi) is 1.58. The topological polar surface area (TPSA) is 73.4 Å². The van der Waals surface area contributed by atoms with Crippen LogP contribution in [0.15, 0.2) is 17.1 Å². The van der Waals surface area contributed by atoms with Gasteiger partial charge in [0.05, 0.1) is 6.54 Å². The van der Waals surface area contributed by atoms with Gasteiger partial charge in [-0.15, -0.1) is 0 Å². The molecule has 5 heteroatoms. The average Bonchev–Trinajstić information content (AvgIpc) is 2.46. The molecule has 0 aromatic carbocycles. The number of hydrogen-bond donors (Lipinski definition) is 2. The molecule has 0 fully saturated rings. The Balaban J connectivity index is 2.35. The van der Waals surface area contributed by atoms with E-state index in [0.29, 0.717) is 13.1 Å². The van der Waals surface area contributed by atoms with Crippen molar-refractivity contribution in [2.45, 2.75) is 13.1 Å². The molecular weight excluding hydrogens is 172 g/mol. The molecule has 0 saturated heterocycles. The molecule has 1 aliphatic rings. The van der Waals surface area contributed by atoms with E-state index in [-0.39, 0.29) is 5.56 Å². The molecule has 1 aromatic rings. The number of nitrogens with one attached hydrogen (secondary N) is 1. The van der Waals surface area contributed by atoms with Crippen molar-refractivity contribution in [2.75, 3.05) is 0 Å². The van der Waals surface area contributed by atoms with E-state index in [1.807, 2.05) is 0 Å². The fraction of sp³-hybridized carbons (Fsp3) is 0.250. The average molecular weight is 180 g/mol. The summed E-state index contributed by atoms with van der Waals surface area (Å²) >= 11 is 0. The summed E-state index contributed by atoms with van der Waals surface area (Å²) < 4.78 is 0. The van der Waals surface area contributed by atoms with Crippen LogP contribution in [0.25, 0.3) is 0 Å². The number of aromatic nitrogens is 1. The fourth-order valence-corrected chi connectivity index (χ4v) is 1.44. The van der Waals surface area contributed by atoms with Crippen molar-refractivity contribution in [2.24, 2.45) is 0 Å². The van der Waals surface area contributed by atoms with Crippen LogP contribution in [0, 0.1) is 0 Å². The van der Waals surface area contributed by atoms with Gasteiger partial charge in [0, 0.05) is 18.8 Å². The van der Waals surface area contributed by atoms with Gasteiger partial charge in [0.15, 0.2) is 0 Å². The molecule has 0 aliphatic carbocycles. The second kappa shape index (κ2) is 2.62. The molecule has 0 unspecified atom stereocenters. The summed E-state index contributed by atoms with van der Waals surface area (Å²) in [6.07, 6.45) is 0.615. The summed E-state index contributed by atoms with van der Waals surface area (Å²) in [4.78, 5) is 25.3. The number of carboxylic acid groups (broad SMARTS) is 1. The fourth-order valence-electron chi connectivity index (χ4n) is 1.44. The highest BCUT2D eigenvalue weighted by Crippen LogP contribution is 2.19. The zero-order valence-electron chi connectivity index (χ0n) is 6.78. The van der Waals surface area contributed by atoms with Crippen molar-refractivity contribution in [3.05, 3.63) is 33.7 Å². The van der Waals surface area contributed by atoms with Gasteiger partial charge in [-0.1, -0.05) is 0 Å². The van der Waals surface area contributed by atoms with Crippen molar-refractivity contribution >= 4 is 6.09 Å². The SMILES string of the molecule is O=C(O)N1Cc2c[nH]c(=O)cc2C1. The molecule has 1 aromatic heterocycles. The molecule has 68 valence electrons. The largest absolute Gasteiger partial charge is 0.465 e. The van der Waals surface area contributed by atoms with Crippen molar-refractivity contribution < 1.29 is 9.90 Å². The quantitative estimate of drug-likeness (QED) is 0.605. The molecule has 2 rings (SSSR count). The van der Waals surface area contributed by atoms with Gasteiger partial charge in [-0.05, 0) is 11.1 Å². The Morgan fingerprint density at radius 3 is 2.85 bits per heavy atom. The molecule has 0 spiro atoms. The molecule has 0 radical (unpaired) electrons. The summed E-state index contributed by atoms with van der Waals surface area (Å²) in [5.41, 5.74) is 1.49. The number of rotatable bonds is 0. The van der Waals surface area contributed by atoms with Gasteiger partial charge in [0.1, 0.15) is 0 Å². The lowest BCUT2D eigenvalue weighted by atomic mass is 10.2. The van der Waals surface area contributed by atoms with Crippen molar-refractivity contribution in [1.29, 1.82) is 0 Å². The molecule has 13 heavy (non-hydrogen) atoms. The first-order valence-electron chi connectivity index (χ1n) is 3.85. The van der Waals surface area contributed by atoms with Crippen molar-refractivity contribution in [1.82, 2.24) is 9.88 Å². The van der Waals surface area contributed by atoms with E-state index in [0.717, 1.165) is 11.1 Å². The Hall–Kier alpha value is -1.78. The molecule has 0 bridgehead atoms. The van der Waals surface area contributed by atoms with Gasteiger partial charge in [-0.3, -0.25) is 9.69 Å². The van der Waals surface area contributed by atoms with Crippen molar-refractivity contribution in [3.63, 3.8) is 0 Å². The summed E-state index contributed by atoms with van der Waals surface area (Å²) in [7, 11) is 0. The van der Waals surface area contributed by atoms with E-state index >= 15 is 0 Å². The molecule has 0 atom stereocenters. The van der Waals surface area contributed by atoms with Crippen LogP contribution in [0.5, 0.6) is 0 Å². The van der Waals surface area contributed by atoms with Crippen LogP contribution in [0.4, 0.5) is 4.79 Å². The van der Waals surface area contributed by atoms with Gasteiger partial charge in [0.25, 0.3) is 0 Å². The third-order valence-corrected chi connectivity index (χ3v) is 2.10. The number of hydrogen-bond acceptors (Lipinski definition) is 2. The summed E-state index contributed by atoms with van der Waals surface area (Å²) in [5, 5.41) is 8.69. The Labute approximate surface area is 73.6 Å². The van der Waals surface area contributed by atoms with Gasteiger partial charge in [-0.2, -0.15) is 0 Å². The molecular formula is C8H8N2O3. The number of nitrogens with zero attached hydrogens (tertiary/aromatic N) is 1. The monoisotopic (exact) mass is 180 g/mol. The Bertz CT molecular complexity index is 410. The standard InChI is InChI=1S/C8H8N2O3/c11-7-1-5-3-10(8(12)13)4-6(5)2-9-7/h1-2H,3-4H2,(H,9,11)(H,12,13). The Morgan fingerprint density at radius 1 is 1.46 bits per heavy atom. The highest BCUT2D eigenvalue weighted by atomic mass is 16.4. The van der Waals surface area contributed by atoms with Crippen LogP contribution in [-0.2, 0) is 13.1 Å².